The van der Waals surface area contributed by atoms with E-state index in [-0.39, 0.29) is 55.7 Å². The molecule has 0 radical (unpaired) electrons. The van der Waals surface area contributed by atoms with Crippen molar-refractivity contribution in [2.24, 2.45) is 0 Å². The van der Waals surface area contributed by atoms with Crippen molar-refractivity contribution in [2.75, 3.05) is 17.9 Å². The number of para-hydroxylation sites is 1. The molecule has 0 aliphatic rings. The summed E-state index contributed by atoms with van der Waals surface area (Å²) in [5, 5.41) is 8.85. The number of nitrogens with one attached hydrogen (secondary N) is 1. The normalized spacial score (nSPS) is 12.2. The minimum absolute atomic E-state index is 0.0583. The van der Waals surface area contributed by atoms with Crippen molar-refractivity contribution in [3.8, 4) is 11.5 Å². The number of rotatable bonds is 11. The van der Waals surface area contributed by atoms with Crippen LogP contribution in [0.3, 0.4) is 0 Å². The molecule has 0 spiro atoms. The van der Waals surface area contributed by atoms with Crippen molar-refractivity contribution in [1.29, 1.82) is 0 Å². The average Bonchev–Trinajstić information content (AvgIpc) is 2.85. The van der Waals surface area contributed by atoms with Crippen molar-refractivity contribution < 1.29 is 54.1 Å². The Bertz CT molecular complexity index is 1370. The van der Waals surface area contributed by atoms with Gasteiger partial charge in [-0.2, -0.15) is 26.3 Å². The summed E-state index contributed by atoms with van der Waals surface area (Å²) in [5.41, 5.74) is -2.93. The Hall–Kier alpha value is -3.94. The summed E-state index contributed by atoms with van der Waals surface area (Å²) in [6.07, 6.45) is -10.2. The van der Waals surface area contributed by atoms with Crippen LogP contribution in [0.1, 0.15) is 23.1 Å². The third-order valence-corrected chi connectivity index (χ3v) is 6.53. The zero-order chi connectivity index (χ0) is 28.8. The van der Waals surface area contributed by atoms with Gasteiger partial charge in [-0.3, -0.25) is 9.52 Å². The molecule has 14 heteroatoms. The Morgan fingerprint density at radius 2 is 1.38 bits per heavy atom. The summed E-state index contributed by atoms with van der Waals surface area (Å²) in [6, 6.07) is 12.1. The lowest BCUT2D eigenvalue weighted by Crippen LogP contribution is -2.17. The van der Waals surface area contributed by atoms with Crippen LogP contribution in [-0.2, 0) is 33.6 Å². The van der Waals surface area contributed by atoms with Gasteiger partial charge in [-0.05, 0) is 60.5 Å². The van der Waals surface area contributed by atoms with E-state index in [1.54, 1.807) is 24.3 Å². The van der Waals surface area contributed by atoms with E-state index in [9.17, 15) is 39.6 Å². The fourth-order valence-electron chi connectivity index (χ4n) is 3.32. The molecule has 0 bridgehead atoms. The minimum atomic E-state index is -5.20. The number of hydrogen-bond donors (Lipinski definition) is 2. The van der Waals surface area contributed by atoms with Crippen LogP contribution in [0.5, 0.6) is 11.5 Å². The molecular weight excluding hydrogens is 556 g/mol. The molecule has 0 saturated heterocycles. The average molecular weight is 577 g/mol. The molecule has 0 aromatic heterocycles. The number of hydrogen-bond acceptors (Lipinski definition) is 5. The largest absolute Gasteiger partial charge is 0.490 e. The molecule has 7 nitrogen and oxygen atoms in total. The van der Waals surface area contributed by atoms with Crippen LogP contribution in [-0.4, -0.2) is 32.7 Å². The van der Waals surface area contributed by atoms with Crippen LogP contribution in [0.4, 0.5) is 32.0 Å². The molecule has 3 aromatic rings. The van der Waals surface area contributed by atoms with Gasteiger partial charge < -0.3 is 14.6 Å². The van der Waals surface area contributed by atoms with Gasteiger partial charge in [-0.25, -0.2) is 8.42 Å². The molecule has 0 heterocycles. The molecule has 0 fully saturated rings. The molecule has 3 rings (SSSR count). The third-order valence-electron chi connectivity index (χ3n) is 5.17. The maximum atomic E-state index is 13.1. The quantitative estimate of drug-likeness (QED) is 0.214. The second kappa shape index (κ2) is 11.8. The molecular formula is C25H21F6NO6S. The minimum Gasteiger partial charge on any atom is -0.490 e. The number of carbonyl (C=O) groups is 1. The topological polar surface area (TPSA) is 102 Å². The van der Waals surface area contributed by atoms with Gasteiger partial charge in [0, 0.05) is 12.1 Å². The summed E-state index contributed by atoms with van der Waals surface area (Å²) in [7, 11) is -4.81. The Balaban J connectivity index is 1.63. The number of halogens is 6. The first-order valence-corrected chi connectivity index (χ1v) is 12.6. The van der Waals surface area contributed by atoms with E-state index in [0.717, 1.165) is 0 Å². The number of ether oxygens (including phenoxy) is 2. The first kappa shape index (κ1) is 29.6. The van der Waals surface area contributed by atoms with Crippen LogP contribution < -0.4 is 14.2 Å². The van der Waals surface area contributed by atoms with Gasteiger partial charge >= 0.3 is 18.3 Å². The van der Waals surface area contributed by atoms with E-state index in [0.29, 0.717) is 11.3 Å². The second-order valence-electron chi connectivity index (χ2n) is 8.07. The molecule has 210 valence electrons. The van der Waals surface area contributed by atoms with Gasteiger partial charge in [-0.15, -0.1) is 0 Å². The number of alkyl halides is 6. The van der Waals surface area contributed by atoms with Crippen molar-refractivity contribution in [2.45, 2.75) is 30.1 Å². The summed E-state index contributed by atoms with van der Waals surface area (Å²) in [4.78, 5) is 9.59. The van der Waals surface area contributed by atoms with Crippen molar-refractivity contribution >= 4 is 21.7 Å². The maximum Gasteiger partial charge on any atom is 0.416 e. The summed E-state index contributed by atoms with van der Waals surface area (Å²) < 4.78 is 117. The Labute approximate surface area is 219 Å². The Morgan fingerprint density at radius 3 is 1.95 bits per heavy atom. The molecule has 3 aromatic carbocycles. The number of anilines is 1. The zero-order valence-corrected chi connectivity index (χ0v) is 20.7. The van der Waals surface area contributed by atoms with E-state index in [1.165, 1.54) is 24.3 Å². The molecule has 0 amide bonds. The highest BCUT2D eigenvalue weighted by Gasteiger charge is 2.38. The van der Waals surface area contributed by atoms with Crippen molar-refractivity contribution in [1.82, 2.24) is 0 Å². The molecule has 39 heavy (non-hydrogen) atoms. The Morgan fingerprint density at radius 1 is 0.821 bits per heavy atom. The number of aryl methyl sites for hydroxylation is 1. The predicted molar refractivity (Wildman–Crippen MR) is 127 cm³/mol. The summed E-state index contributed by atoms with van der Waals surface area (Å²) >= 11 is 0. The van der Waals surface area contributed by atoms with Gasteiger partial charge in [0.25, 0.3) is 10.0 Å². The lowest BCUT2D eigenvalue weighted by molar-refractivity contribution is -0.143. The van der Waals surface area contributed by atoms with Gasteiger partial charge in [0.15, 0.2) is 0 Å². The third kappa shape index (κ3) is 8.53. The van der Waals surface area contributed by atoms with Crippen molar-refractivity contribution in [3.63, 3.8) is 0 Å². The fourth-order valence-corrected chi connectivity index (χ4v) is 4.45. The molecule has 0 unspecified atom stereocenters. The van der Waals surface area contributed by atoms with Crippen molar-refractivity contribution in [3.05, 3.63) is 83.4 Å². The van der Waals surface area contributed by atoms with Gasteiger partial charge in [-0.1, -0.05) is 18.2 Å². The SMILES string of the molecule is O=C(O)CCc1ccccc1OCCOc1ccc(NS(=O)(=O)c2cc(C(F)(F)F)cc(C(F)(F)F)c2)cc1. The van der Waals surface area contributed by atoms with Crippen LogP contribution in [0.15, 0.2) is 71.6 Å². The van der Waals surface area contributed by atoms with Crippen LogP contribution >= 0.6 is 0 Å². The van der Waals surface area contributed by atoms with Crippen LogP contribution in [0.25, 0.3) is 0 Å². The van der Waals surface area contributed by atoms with Gasteiger partial charge in [0.05, 0.1) is 16.0 Å². The fraction of sp³-hybridized carbons (Fsp3) is 0.240. The number of aliphatic carboxylic acids is 1. The second-order valence-corrected chi connectivity index (χ2v) is 9.75. The zero-order valence-electron chi connectivity index (χ0n) is 19.8. The van der Waals surface area contributed by atoms with Crippen LogP contribution in [0, 0.1) is 0 Å². The summed E-state index contributed by atoms with van der Waals surface area (Å²) in [6.45, 7) is 0.151. The predicted octanol–water partition coefficient (Wildman–Crippen LogP) is 6.00. The number of benzene rings is 3. The number of sulfonamides is 1. The molecule has 0 atom stereocenters. The number of carboxylic acid groups (broad SMARTS) is 1. The monoisotopic (exact) mass is 577 g/mol. The number of carboxylic acids is 1. The van der Waals surface area contributed by atoms with E-state index in [2.05, 4.69) is 0 Å². The van der Waals surface area contributed by atoms with Gasteiger partial charge in [0.2, 0.25) is 0 Å². The van der Waals surface area contributed by atoms with Gasteiger partial charge in [0.1, 0.15) is 24.7 Å². The highest BCUT2D eigenvalue weighted by Crippen LogP contribution is 2.37. The first-order chi connectivity index (χ1) is 18.1. The smallest absolute Gasteiger partial charge is 0.416 e. The van der Waals surface area contributed by atoms with E-state index in [4.69, 9.17) is 14.6 Å². The van der Waals surface area contributed by atoms with E-state index < -0.39 is 44.4 Å². The lowest BCUT2D eigenvalue weighted by atomic mass is 10.1. The Kier molecular flexibility index (Phi) is 8.99. The molecule has 2 N–H and O–H groups in total. The molecule has 0 saturated carbocycles. The highest BCUT2D eigenvalue weighted by molar-refractivity contribution is 7.92. The van der Waals surface area contributed by atoms with E-state index in [1.807, 2.05) is 4.72 Å². The maximum absolute atomic E-state index is 13.1. The first-order valence-electron chi connectivity index (χ1n) is 11.1. The lowest BCUT2D eigenvalue weighted by Gasteiger charge is -2.15. The van der Waals surface area contributed by atoms with E-state index >= 15 is 0 Å². The van der Waals surface area contributed by atoms with Crippen LogP contribution in [0.2, 0.25) is 0 Å². The highest BCUT2D eigenvalue weighted by atomic mass is 32.2. The molecule has 0 aliphatic carbocycles. The summed E-state index contributed by atoms with van der Waals surface area (Å²) in [5.74, 6) is -0.172. The molecule has 0 aliphatic heterocycles. The standard InChI is InChI=1S/C25H21F6NO6S/c26-24(27,28)17-13-18(25(29,30)31)15-21(14-17)39(35,36)32-19-6-8-20(9-7-19)37-11-12-38-22-4-2-1-3-16(22)5-10-23(33)34/h1-4,6-9,13-15,32H,5,10-12H2,(H,33,34).